The number of anilines is 1. The van der Waals surface area contributed by atoms with Crippen LogP contribution in [0.3, 0.4) is 0 Å². The van der Waals surface area contributed by atoms with Gasteiger partial charge in [0.1, 0.15) is 17.2 Å². The predicted octanol–water partition coefficient (Wildman–Crippen LogP) is 3.94. The van der Waals surface area contributed by atoms with E-state index in [0.717, 1.165) is 36.9 Å². The standard InChI is InChI=1S/C25H29N3O4/c1-6-27-32-23(30)17(14-26)12-16-11-15-13-18-20-19(21(15)31-22(16)29)25(4,5)8-10-28(20)9-7-24(18,2)3/h11-13,27H,6-10H2,1-5H3/b17-12+. The fraction of sp³-hybridized carbons (Fsp3) is 0.480. The summed E-state index contributed by atoms with van der Waals surface area (Å²) in [7, 11) is 0. The van der Waals surface area contributed by atoms with Crippen LogP contribution in [0.25, 0.3) is 17.0 Å². The summed E-state index contributed by atoms with van der Waals surface area (Å²) >= 11 is 0. The summed E-state index contributed by atoms with van der Waals surface area (Å²) in [5.74, 6) is -0.840. The first-order valence-electron chi connectivity index (χ1n) is 11.1. The van der Waals surface area contributed by atoms with Crippen LogP contribution in [0.5, 0.6) is 0 Å². The molecule has 0 radical (unpaired) electrons. The number of hydrogen-bond donors (Lipinski definition) is 1. The molecule has 0 fully saturated rings. The second-order valence-corrected chi connectivity index (χ2v) is 9.87. The molecule has 0 bridgehead atoms. The molecule has 7 heteroatoms. The molecule has 168 valence electrons. The molecular formula is C25H29N3O4. The Morgan fingerprint density at radius 3 is 2.59 bits per heavy atom. The SMILES string of the molecule is CCNOC(=O)/C(C#N)=C/c1cc2cc3c4c(c2oc1=O)C(C)(C)CCN4CCC3(C)C. The molecule has 1 aromatic heterocycles. The first kappa shape index (κ1) is 22.1. The van der Waals surface area contributed by atoms with E-state index in [1.807, 2.05) is 6.07 Å². The van der Waals surface area contributed by atoms with Gasteiger partial charge in [-0.1, -0.05) is 27.7 Å². The summed E-state index contributed by atoms with van der Waals surface area (Å²) in [6, 6.07) is 5.63. The Labute approximate surface area is 187 Å². The number of benzene rings is 1. The minimum absolute atomic E-state index is 0.0121. The van der Waals surface area contributed by atoms with Crippen molar-refractivity contribution in [2.45, 2.75) is 58.3 Å². The molecule has 2 aromatic rings. The maximum atomic E-state index is 12.9. The number of carbonyl (C=O) groups is 1. The second-order valence-electron chi connectivity index (χ2n) is 9.87. The van der Waals surface area contributed by atoms with E-state index in [-0.39, 0.29) is 22.0 Å². The summed E-state index contributed by atoms with van der Waals surface area (Å²) < 4.78 is 5.87. The number of nitrogens with zero attached hydrogens (tertiary/aromatic N) is 2. The van der Waals surface area contributed by atoms with Crippen molar-refractivity contribution < 1.29 is 14.0 Å². The lowest BCUT2D eigenvalue weighted by Gasteiger charge is -2.48. The minimum atomic E-state index is -0.840. The van der Waals surface area contributed by atoms with Gasteiger partial charge in [-0.05, 0) is 54.4 Å². The number of rotatable bonds is 4. The summed E-state index contributed by atoms with van der Waals surface area (Å²) in [5, 5.41) is 10.2. The molecule has 4 rings (SSSR count). The minimum Gasteiger partial charge on any atom is -0.422 e. The molecule has 3 heterocycles. The van der Waals surface area contributed by atoms with Crippen molar-refractivity contribution >= 4 is 28.7 Å². The zero-order chi connectivity index (χ0) is 23.3. The van der Waals surface area contributed by atoms with Gasteiger partial charge in [0.15, 0.2) is 0 Å². The Morgan fingerprint density at radius 1 is 1.25 bits per heavy atom. The Bertz CT molecular complexity index is 1230. The zero-order valence-corrected chi connectivity index (χ0v) is 19.3. The molecule has 0 saturated heterocycles. The van der Waals surface area contributed by atoms with Crippen LogP contribution >= 0.6 is 0 Å². The van der Waals surface area contributed by atoms with Crippen molar-refractivity contribution in [3.63, 3.8) is 0 Å². The molecule has 2 aliphatic heterocycles. The molecule has 7 nitrogen and oxygen atoms in total. The summed E-state index contributed by atoms with van der Waals surface area (Å²) in [6.45, 7) is 13.0. The molecule has 0 amide bonds. The van der Waals surface area contributed by atoms with E-state index in [4.69, 9.17) is 9.25 Å². The van der Waals surface area contributed by atoms with Gasteiger partial charge in [-0.3, -0.25) is 0 Å². The lowest BCUT2D eigenvalue weighted by atomic mass is 9.69. The molecule has 0 aliphatic carbocycles. The number of hydrogen-bond acceptors (Lipinski definition) is 7. The Kier molecular flexibility index (Phi) is 5.38. The predicted molar refractivity (Wildman–Crippen MR) is 123 cm³/mol. The van der Waals surface area contributed by atoms with Gasteiger partial charge in [0.25, 0.3) is 0 Å². The fourth-order valence-corrected chi connectivity index (χ4v) is 4.75. The van der Waals surface area contributed by atoms with Crippen LogP contribution in [0, 0.1) is 11.3 Å². The monoisotopic (exact) mass is 435 g/mol. The van der Waals surface area contributed by atoms with Crippen molar-refractivity contribution in [3.05, 3.63) is 44.8 Å². The molecular weight excluding hydrogens is 406 g/mol. The lowest BCUT2D eigenvalue weighted by Crippen LogP contribution is -2.44. The van der Waals surface area contributed by atoms with Crippen LogP contribution in [0.1, 0.15) is 64.2 Å². The van der Waals surface area contributed by atoms with E-state index in [1.54, 1.807) is 13.0 Å². The molecule has 32 heavy (non-hydrogen) atoms. The lowest BCUT2D eigenvalue weighted by molar-refractivity contribution is -0.145. The van der Waals surface area contributed by atoms with E-state index in [0.29, 0.717) is 12.1 Å². The van der Waals surface area contributed by atoms with Gasteiger partial charge in [0, 0.05) is 36.3 Å². The Hall–Kier alpha value is -3.11. The molecule has 0 spiro atoms. The number of hydroxylamine groups is 1. The highest BCUT2D eigenvalue weighted by molar-refractivity contribution is 5.98. The van der Waals surface area contributed by atoms with Crippen molar-refractivity contribution in [3.8, 4) is 6.07 Å². The van der Waals surface area contributed by atoms with Gasteiger partial charge in [-0.15, -0.1) is 0 Å². The highest BCUT2D eigenvalue weighted by atomic mass is 16.7. The first-order chi connectivity index (χ1) is 15.1. The van der Waals surface area contributed by atoms with Crippen molar-refractivity contribution in [2.24, 2.45) is 0 Å². The average molecular weight is 436 g/mol. The maximum absolute atomic E-state index is 12.9. The zero-order valence-electron chi connectivity index (χ0n) is 19.3. The Balaban J connectivity index is 1.95. The molecule has 2 aliphatic rings. The summed E-state index contributed by atoms with van der Waals surface area (Å²) in [5.41, 5.74) is 5.66. The van der Waals surface area contributed by atoms with Crippen LogP contribution in [0.2, 0.25) is 0 Å². The van der Waals surface area contributed by atoms with Crippen LogP contribution in [0.15, 0.2) is 26.9 Å². The third kappa shape index (κ3) is 3.59. The molecule has 1 N–H and O–H groups in total. The van der Waals surface area contributed by atoms with Gasteiger partial charge in [-0.25, -0.2) is 9.59 Å². The van der Waals surface area contributed by atoms with E-state index >= 15 is 0 Å². The molecule has 0 atom stereocenters. The summed E-state index contributed by atoms with van der Waals surface area (Å²) in [6.07, 6.45) is 3.25. The van der Waals surface area contributed by atoms with E-state index in [1.165, 1.54) is 17.3 Å². The number of fused-ring (bicyclic) bond motifs is 2. The molecule has 0 unspecified atom stereocenters. The quantitative estimate of drug-likeness (QED) is 0.336. The van der Waals surface area contributed by atoms with Crippen LogP contribution < -0.4 is 16.0 Å². The summed E-state index contributed by atoms with van der Waals surface area (Å²) in [4.78, 5) is 32.2. The molecule has 0 saturated carbocycles. The maximum Gasteiger partial charge on any atom is 0.367 e. The van der Waals surface area contributed by atoms with Crippen LogP contribution in [-0.2, 0) is 20.5 Å². The first-order valence-corrected chi connectivity index (χ1v) is 11.1. The van der Waals surface area contributed by atoms with Gasteiger partial charge in [0.05, 0.1) is 5.56 Å². The third-order valence-corrected chi connectivity index (χ3v) is 6.71. The van der Waals surface area contributed by atoms with Crippen LogP contribution in [-0.4, -0.2) is 25.6 Å². The van der Waals surface area contributed by atoms with Crippen molar-refractivity contribution in [1.29, 1.82) is 5.26 Å². The third-order valence-electron chi connectivity index (χ3n) is 6.71. The van der Waals surface area contributed by atoms with Crippen molar-refractivity contribution in [2.75, 3.05) is 24.5 Å². The topological polar surface area (TPSA) is 95.6 Å². The number of nitriles is 1. The van der Waals surface area contributed by atoms with Gasteiger partial charge >= 0.3 is 11.6 Å². The van der Waals surface area contributed by atoms with Gasteiger partial charge < -0.3 is 14.2 Å². The van der Waals surface area contributed by atoms with E-state index in [2.05, 4.69) is 44.1 Å². The highest BCUT2D eigenvalue weighted by Gasteiger charge is 2.41. The van der Waals surface area contributed by atoms with Crippen LogP contribution in [0.4, 0.5) is 5.69 Å². The largest absolute Gasteiger partial charge is 0.422 e. The molecule has 1 aromatic carbocycles. The van der Waals surface area contributed by atoms with E-state index < -0.39 is 11.6 Å². The van der Waals surface area contributed by atoms with Gasteiger partial charge in [0.2, 0.25) is 0 Å². The normalized spacial score (nSPS) is 18.8. The fourth-order valence-electron chi connectivity index (χ4n) is 4.75. The van der Waals surface area contributed by atoms with Crippen molar-refractivity contribution in [1.82, 2.24) is 5.48 Å². The van der Waals surface area contributed by atoms with E-state index in [9.17, 15) is 14.9 Å². The smallest absolute Gasteiger partial charge is 0.367 e. The average Bonchev–Trinajstić information content (AvgIpc) is 2.74. The van der Waals surface area contributed by atoms with Gasteiger partial charge in [-0.2, -0.15) is 10.7 Å². The second kappa shape index (κ2) is 7.79. The number of nitrogens with one attached hydrogen (secondary N) is 1. The Morgan fingerprint density at radius 2 is 1.94 bits per heavy atom. The highest BCUT2D eigenvalue weighted by Crippen LogP contribution is 2.51. The number of carbonyl (C=O) groups excluding carboxylic acids is 1.